The first-order valence-corrected chi connectivity index (χ1v) is 10.1. The molecule has 0 radical (unpaired) electrons. The van der Waals surface area contributed by atoms with Crippen LogP contribution in [0.3, 0.4) is 0 Å². The standard InChI is InChI=1S/C20H29N7O/c1-15(2)20-21-5-4-17(24-20)25-6-8-26(9-7-25)18-14-19(23-16(3)22-18)27-10-12-28-13-11-27/h4-5,14-15H,6-13H2,1-3H3. The summed E-state index contributed by atoms with van der Waals surface area (Å²) >= 11 is 0. The molecule has 0 aliphatic carbocycles. The largest absolute Gasteiger partial charge is 0.378 e. The van der Waals surface area contributed by atoms with Gasteiger partial charge in [0.05, 0.1) is 13.2 Å². The van der Waals surface area contributed by atoms with Crippen molar-refractivity contribution < 1.29 is 4.74 Å². The summed E-state index contributed by atoms with van der Waals surface area (Å²) in [6.45, 7) is 13.2. The predicted molar refractivity (Wildman–Crippen MR) is 110 cm³/mol. The first-order valence-electron chi connectivity index (χ1n) is 10.1. The highest BCUT2D eigenvalue weighted by molar-refractivity contribution is 5.52. The van der Waals surface area contributed by atoms with Gasteiger partial charge in [0.2, 0.25) is 0 Å². The molecule has 8 heteroatoms. The molecule has 2 aliphatic heterocycles. The fraction of sp³-hybridized carbons (Fsp3) is 0.600. The van der Waals surface area contributed by atoms with Crippen molar-refractivity contribution >= 4 is 17.5 Å². The smallest absolute Gasteiger partial charge is 0.134 e. The van der Waals surface area contributed by atoms with Crippen molar-refractivity contribution in [3.63, 3.8) is 0 Å². The number of aryl methyl sites for hydroxylation is 1. The molecule has 150 valence electrons. The highest BCUT2D eigenvalue weighted by Crippen LogP contribution is 2.23. The number of morpholine rings is 1. The number of hydrogen-bond acceptors (Lipinski definition) is 8. The minimum absolute atomic E-state index is 0.337. The van der Waals surface area contributed by atoms with Crippen LogP contribution in [0.5, 0.6) is 0 Å². The number of piperazine rings is 1. The van der Waals surface area contributed by atoms with E-state index in [0.717, 1.165) is 81.6 Å². The van der Waals surface area contributed by atoms with Gasteiger partial charge in [0, 0.05) is 57.4 Å². The molecule has 0 aromatic carbocycles. The molecular formula is C20H29N7O. The maximum absolute atomic E-state index is 5.46. The Hall–Kier alpha value is -2.48. The van der Waals surface area contributed by atoms with Crippen molar-refractivity contribution in [2.45, 2.75) is 26.7 Å². The van der Waals surface area contributed by atoms with Crippen LogP contribution >= 0.6 is 0 Å². The molecule has 0 N–H and O–H groups in total. The third kappa shape index (κ3) is 4.16. The molecule has 2 aromatic heterocycles. The molecule has 0 spiro atoms. The molecule has 4 rings (SSSR count). The average Bonchev–Trinajstić information content (AvgIpc) is 2.74. The van der Waals surface area contributed by atoms with Gasteiger partial charge in [0.1, 0.15) is 29.1 Å². The van der Waals surface area contributed by atoms with Crippen molar-refractivity contribution in [3.05, 3.63) is 30.0 Å². The molecule has 2 aliphatic rings. The first kappa shape index (κ1) is 18.9. The van der Waals surface area contributed by atoms with E-state index >= 15 is 0 Å². The van der Waals surface area contributed by atoms with E-state index in [0.29, 0.717) is 5.92 Å². The van der Waals surface area contributed by atoms with E-state index in [1.54, 1.807) is 0 Å². The van der Waals surface area contributed by atoms with E-state index in [1.165, 1.54) is 0 Å². The van der Waals surface area contributed by atoms with Crippen molar-refractivity contribution in [2.24, 2.45) is 0 Å². The Morgan fingerprint density at radius 3 is 2.00 bits per heavy atom. The van der Waals surface area contributed by atoms with Gasteiger partial charge in [-0.05, 0) is 13.0 Å². The number of hydrogen-bond donors (Lipinski definition) is 0. The molecule has 0 amide bonds. The normalized spacial score (nSPS) is 18.1. The van der Waals surface area contributed by atoms with Crippen LogP contribution in [-0.4, -0.2) is 72.4 Å². The van der Waals surface area contributed by atoms with Crippen LogP contribution in [0, 0.1) is 6.92 Å². The van der Waals surface area contributed by atoms with Gasteiger partial charge in [0.25, 0.3) is 0 Å². The molecule has 0 saturated carbocycles. The van der Waals surface area contributed by atoms with Gasteiger partial charge in [-0.25, -0.2) is 19.9 Å². The topological polar surface area (TPSA) is 70.5 Å². The number of anilines is 3. The number of rotatable bonds is 4. The van der Waals surface area contributed by atoms with Gasteiger partial charge in [0.15, 0.2) is 0 Å². The van der Waals surface area contributed by atoms with Crippen LogP contribution < -0.4 is 14.7 Å². The van der Waals surface area contributed by atoms with E-state index in [-0.39, 0.29) is 0 Å². The van der Waals surface area contributed by atoms with Gasteiger partial charge in [-0.15, -0.1) is 0 Å². The fourth-order valence-electron chi connectivity index (χ4n) is 3.64. The lowest BCUT2D eigenvalue weighted by atomic mass is 10.2. The summed E-state index contributed by atoms with van der Waals surface area (Å²) in [5.41, 5.74) is 0. The number of ether oxygens (including phenoxy) is 1. The minimum atomic E-state index is 0.337. The second-order valence-corrected chi connectivity index (χ2v) is 7.63. The van der Waals surface area contributed by atoms with Crippen LogP contribution in [0.2, 0.25) is 0 Å². The van der Waals surface area contributed by atoms with E-state index in [1.807, 2.05) is 19.2 Å². The van der Waals surface area contributed by atoms with Crippen molar-refractivity contribution in [3.8, 4) is 0 Å². The quantitative estimate of drug-likeness (QED) is 0.792. The van der Waals surface area contributed by atoms with E-state index in [4.69, 9.17) is 14.7 Å². The van der Waals surface area contributed by atoms with E-state index in [2.05, 4.69) is 44.6 Å². The lowest BCUT2D eigenvalue weighted by Gasteiger charge is -2.36. The van der Waals surface area contributed by atoms with Crippen LogP contribution in [0.4, 0.5) is 17.5 Å². The van der Waals surface area contributed by atoms with E-state index in [9.17, 15) is 0 Å². The zero-order valence-corrected chi connectivity index (χ0v) is 17.0. The van der Waals surface area contributed by atoms with Crippen LogP contribution in [-0.2, 0) is 4.74 Å². The molecule has 2 fully saturated rings. The zero-order valence-electron chi connectivity index (χ0n) is 17.0. The molecule has 4 heterocycles. The summed E-state index contributed by atoms with van der Waals surface area (Å²) in [7, 11) is 0. The maximum Gasteiger partial charge on any atom is 0.134 e. The van der Waals surface area contributed by atoms with Gasteiger partial charge in [-0.1, -0.05) is 13.8 Å². The number of aromatic nitrogens is 4. The summed E-state index contributed by atoms with van der Waals surface area (Å²) in [5, 5.41) is 0. The molecule has 0 bridgehead atoms. The second kappa shape index (κ2) is 8.26. The molecule has 2 aromatic rings. The SMILES string of the molecule is Cc1nc(N2CCOCC2)cc(N2CCN(c3ccnc(C(C)C)n3)CC2)n1. The van der Waals surface area contributed by atoms with Crippen molar-refractivity contribution in [1.82, 2.24) is 19.9 Å². The van der Waals surface area contributed by atoms with Crippen molar-refractivity contribution in [2.75, 3.05) is 67.2 Å². The predicted octanol–water partition coefficient (Wildman–Crippen LogP) is 1.86. The molecular weight excluding hydrogens is 354 g/mol. The van der Waals surface area contributed by atoms with Gasteiger partial charge < -0.3 is 19.4 Å². The average molecular weight is 384 g/mol. The summed E-state index contributed by atoms with van der Waals surface area (Å²) in [4.78, 5) is 25.4. The highest BCUT2D eigenvalue weighted by atomic mass is 16.5. The zero-order chi connectivity index (χ0) is 19.5. The summed E-state index contributed by atoms with van der Waals surface area (Å²) in [6.07, 6.45) is 1.87. The summed E-state index contributed by atoms with van der Waals surface area (Å²) < 4.78 is 5.46. The Labute approximate surface area is 166 Å². The van der Waals surface area contributed by atoms with Crippen LogP contribution in [0.1, 0.15) is 31.4 Å². The van der Waals surface area contributed by atoms with E-state index < -0.39 is 0 Å². The summed E-state index contributed by atoms with van der Waals surface area (Å²) in [5.74, 6) is 5.10. The Morgan fingerprint density at radius 1 is 0.821 bits per heavy atom. The van der Waals surface area contributed by atoms with Gasteiger partial charge in [-0.2, -0.15) is 0 Å². The minimum Gasteiger partial charge on any atom is -0.378 e. The highest BCUT2D eigenvalue weighted by Gasteiger charge is 2.22. The molecule has 2 saturated heterocycles. The Balaban J connectivity index is 1.45. The lowest BCUT2D eigenvalue weighted by Crippen LogP contribution is -2.47. The van der Waals surface area contributed by atoms with Crippen LogP contribution in [0.25, 0.3) is 0 Å². The number of nitrogens with zero attached hydrogens (tertiary/aromatic N) is 7. The Kier molecular flexibility index (Phi) is 5.57. The molecule has 0 atom stereocenters. The first-order chi connectivity index (χ1) is 13.6. The Bertz CT molecular complexity index is 799. The second-order valence-electron chi connectivity index (χ2n) is 7.63. The van der Waals surface area contributed by atoms with Gasteiger partial charge >= 0.3 is 0 Å². The third-order valence-electron chi connectivity index (χ3n) is 5.25. The summed E-state index contributed by atoms with van der Waals surface area (Å²) in [6, 6.07) is 4.13. The van der Waals surface area contributed by atoms with Crippen molar-refractivity contribution in [1.29, 1.82) is 0 Å². The lowest BCUT2D eigenvalue weighted by molar-refractivity contribution is 0.122. The van der Waals surface area contributed by atoms with Gasteiger partial charge in [-0.3, -0.25) is 0 Å². The fourth-order valence-corrected chi connectivity index (χ4v) is 3.64. The molecule has 0 unspecified atom stereocenters. The van der Waals surface area contributed by atoms with Crippen LogP contribution in [0.15, 0.2) is 18.3 Å². The molecule has 8 nitrogen and oxygen atoms in total. The third-order valence-corrected chi connectivity index (χ3v) is 5.25. The Morgan fingerprint density at radius 2 is 1.39 bits per heavy atom. The monoisotopic (exact) mass is 383 g/mol. The molecule has 28 heavy (non-hydrogen) atoms. The maximum atomic E-state index is 5.46.